The second kappa shape index (κ2) is 6.16. The average Bonchev–Trinajstić information content (AvgIpc) is 3.27. The number of benzene rings is 1. The maximum atomic E-state index is 12.4. The molecule has 0 spiro atoms. The molecule has 2 fully saturated rings. The molecule has 3 aliphatic rings. The van der Waals surface area contributed by atoms with Crippen molar-refractivity contribution in [2.75, 3.05) is 12.4 Å². The van der Waals surface area contributed by atoms with Crippen molar-refractivity contribution < 1.29 is 19.1 Å². The summed E-state index contributed by atoms with van der Waals surface area (Å²) < 4.78 is 5.27. The van der Waals surface area contributed by atoms with E-state index in [9.17, 15) is 14.4 Å². The second-order valence-electron chi connectivity index (χ2n) is 7.13. The Morgan fingerprint density at radius 2 is 2.08 bits per heavy atom. The lowest BCUT2D eigenvalue weighted by atomic mass is 10.0. The topological polar surface area (TPSA) is 63.7 Å². The van der Waals surface area contributed by atoms with Crippen LogP contribution in [0.2, 0.25) is 0 Å². The highest BCUT2D eigenvalue weighted by Gasteiger charge is 2.53. The van der Waals surface area contributed by atoms with E-state index >= 15 is 0 Å². The number of aryl methyl sites for hydroxylation is 2. The number of Topliss-reactive ketones (excluding diaryl/α,β-unsaturated/α-hetero) is 1. The monoisotopic (exact) mass is 359 g/mol. The number of fused-ring (bicyclic) bond motifs is 2. The Bertz CT molecular complexity index is 762. The molecule has 1 amide bonds. The molecule has 0 aromatic heterocycles. The van der Waals surface area contributed by atoms with Crippen molar-refractivity contribution in [1.82, 2.24) is 4.90 Å². The van der Waals surface area contributed by atoms with Crippen LogP contribution in [0.3, 0.4) is 0 Å². The number of rotatable bonds is 4. The van der Waals surface area contributed by atoms with E-state index in [1.165, 1.54) is 11.1 Å². The van der Waals surface area contributed by atoms with Crippen LogP contribution < -0.4 is 0 Å². The number of esters is 1. The largest absolute Gasteiger partial charge is 0.456 e. The van der Waals surface area contributed by atoms with Crippen LogP contribution in [0.25, 0.3) is 0 Å². The summed E-state index contributed by atoms with van der Waals surface area (Å²) in [5, 5.41) is 0. The third kappa shape index (κ3) is 2.86. The number of amides is 1. The van der Waals surface area contributed by atoms with Crippen LogP contribution in [0.15, 0.2) is 18.2 Å². The Morgan fingerprint density at radius 3 is 2.92 bits per heavy atom. The molecule has 4 rings (SSSR count). The summed E-state index contributed by atoms with van der Waals surface area (Å²) in [7, 11) is 0. The zero-order chi connectivity index (χ0) is 17.6. The van der Waals surface area contributed by atoms with Crippen LogP contribution in [0.5, 0.6) is 0 Å². The first-order chi connectivity index (χ1) is 12.0. The van der Waals surface area contributed by atoms with Crippen molar-refractivity contribution in [3.05, 3.63) is 34.9 Å². The molecule has 25 heavy (non-hydrogen) atoms. The fraction of sp³-hybridized carbons (Fsp3) is 0.526. The summed E-state index contributed by atoms with van der Waals surface area (Å²) >= 11 is 1.62. The number of carbonyl (C=O) groups excluding carboxylic acids is 3. The Kier molecular flexibility index (Phi) is 4.10. The van der Waals surface area contributed by atoms with E-state index in [0.717, 1.165) is 25.7 Å². The number of carbonyl (C=O) groups is 3. The molecule has 2 saturated heterocycles. The van der Waals surface area contributed by atoms with Gasteiger partial charge in [0, 0.05) is 17.7 Å². The Balaban J connectivity index is 1.39. The van der Waals surface area contributed by atoms with Crippen molar-refractivity contribution in [1.29, 1.82) is 0 Å². The minimum absolute atomic E-state index is 0.000557. The van der Waals surface area contributed by atoms with Gasteiger partial charge in [0.2, 0.25) is 5.91 Å². The molecular weight excluding hydrogens is 338 g/mol. The molecule has 2 heterocycles. The van der Waals surface area contributed by atoms with Crippen LogP contribution in [0.1, 0.15) is 47.7 Å². The molecule has 0 unspecified atom stereocenters. The third-order valence-electron chi connectivity index (χ3n) is 5.48. The van der Waals surface area contributed by atoms with Crippen molar-refractivity contribution in [3.63, 3.8) is 0 Å². The van der Waals surface area contributed by atoms with Crippen molar-refractivity contribution >= 4 is 29.4 Å². The zero-order valence-corrected chi connectivity index (χ0v) is 15.1. The van der Waals surface area contributed by atoms with Gasteiger partial charge < -0.3 is 9.64 Å². The Labute approximate surface area is 151 Å². The van der Waals surface area contributed by atoms with E-state index in [4.69, 9.17) is 4.74 Å². The van der Waals surface area contributed by atoms with Crippen LogP contribution in [-0.4, -0.2) is 45.8 Å². The Morgan fingerprint density at radius 1 is 1.28 bits per heavy atom. The van der Waals surface area contributed by atoms with Crippen LogP contribution in [0, 0.1) is 0 Å². The summed E-state index contributed by atoms with van der Waals surface area (Å²) in [5.74, 6) is -0.127. The number of nitrogens with zero attached hydrogens (tertiary/aromatic N) is 1. The molecule has 5 nitrogen and oxygen atoms in total. The lowest BCUT2D eigenvalue weighted by molar-refractivity contribution is -0.152. The van der Waals surface area contributed by atoms with Gasteiger partial charge in [-0.2, -0.15) is 0 Å². The van der Waals surface area contributed by atoms with Crippen LogP contribution >= 0.6 is 11.8 Å². The van der Waals surface area contributed by atoms with Gasteiger partial charge in [-0.05, 0) is 49.8 Å². The third-order valence-corrected chi connectivity index (χ3v) is 6.99. The SMILES string of the molecule is C[C@]12CCC(=O)N1[C@H](C(=O)OCC(=O)c1ccc3c(c1)CCC3)CS2. The number of ketones is 1. The van der Waals surface area contributed by atoms with Crippen molar-refractivity contribution in [2.24, 2.45) is 0 Å². The normalized spacial score (nSPS) is 27.3. The van der Waals surface area contributed by atoms with Gasteiger partial charge in [-0.3, -0.25) is 9.59 Å². The number of thioether (sulfide) groups is 1. The molecule has 132 valence electrons. The first-order valence-electron chi connectivity index (χ1n) is 8.76. The molecule has 0 N–H and O–H groups in total. The summed E-state index contributed by atoms with van der Waals surface area (Å²) in [6.45, 7) is 1.73. The first kappa shape index (κ1) is 16.6. The van der Waals surface area contributed by atoms with Gasteiger partial charge in [-0.25, -0.2) is 4.79 Å². The molecule has 0 bridgehead atoms. The minimum Gasteiger partial charge on any atom is -0.456 e. The molecule has 0 saturated carbocycles. The van der Waals surface area contributed by atoms with Crippen LogP contribution in [-0.2, 0) is 27.2 Å². The lowest BCUT2D eigenvalue weighted by Crippen LogP contribution is -2.46. The summed E-state index contributed by atoms with van der Waals surface area (Å²) in [6.07, 6.45) is 4.44. The van der Waals surface area contributed by atoms with Crippen molar-refractivity contribution in [3.8, 4) is 0 Å². The number of hydrogen-bond donors (Lipinski definition) is 0. The molecule has 1 aromatic carbocycles. The summed E-state index contributed by atoms with van der Waals surface area (Å²) in [4.78, 5) is 38.2. The smallest absolute Gasteiger partial charge is 0.330 e. The summed E-state index contributed by atoms with van der Waals surface area (Å²) in [5.41, 5.74) is 3.13. The molecule has 2 atom stereocenters. The van der Waals surface area contributed by atoms with Gasteiger partial charge in [-0.15, -0.1) is 11.8 Å². The fourth-order valence-corrected chi connectivity index (χ4v) is 5.47. The maximum Gasteiger partial charge on any atom is 0.330 e. The quantitative estimate of drug-likeness (QED) is 0.610. The highest BCUT2D eigenvalue weighted by Crippen LogP contribution is 2.47. The zero-order valence-electron chi connectivity index (χ0n) is 14.2. The van der Waals surface area contributed by atoms with Gasteiger partial charge in [0.1, 0.15) is 6.04 Å². The lowest BCUT2D eigenvalue weighted by Gasteiger charge is -2.29. The van der Waals surface area contributed by atoms with E-state index in [2.05, 4.69) is 0 Å². The predicted molar refractivity (Wildman–Crippen MR) is 94.5 cm³/mol. The van der Waals surface area contributed by atoms with E-state index in [1.807, 2.05) is 25.1 Å². The van der Waals surface area contributed by atoms with Gasteiger partial charge in [0.15, 0.2) is 12.4 Å². The molecular formula is C19H21NO4S. The highest BCUT2D eigenvalue weighted by atomic mass is 32.2. The highest BCUT2D eigenvalue weighted by molar-refractivity contribution is 8.01. The molecule has 6 heteroatoms. The molecule has 2 aliphatic heterocycles. The maximum absolute atomic E-state index is 12.4. The standard InChI is InChI=1S/C19H21NO4S/c1-19-8-7-17(22)20(19)15(11-25-19)18(23)24-10-16(21)14-6-5-12-3-2-4-13(12)9-14/h5-6,9,15H,2-4,7-8,10-11H2,1H3/t15-,19-/m0/s1. The van der Waals surface area contributed by atoms with Gasteiger partial charge in [-0.1, -0.05) is 12.1 Å². The van der Waals surface area contributed by atoms with Gasteiger partial charge >= 0.3 is 5.97 Å². The molecule has 1 aliphatic carbocycles. The Hall–Kier alpha value is -1.82. The van der Waals surface area contributed by atoms with Gasteiger partial charge in [0.05, 0.1) is 4.87 Å². The predicted octanol–water partition coefficient (Wildman–Crippen LogP) is 2.36. The first-order valence-corrected chi connectivity index (χ1v) is 9.74. The van der Waals surface area contributed by atoms with Crippen molar-refractivity contribution in [2.45, 2.75) is 49.9 Å². The number of ether oxygens (including phenoxy) is 1. The number of hydrogen-bond acceptors (Lipinski definition) is 5. The molecule has 1 aromatic rings. The van der Waals surface area contributed by atoms with Crippen LogP contribution in [0.4, 0.5) is 0 Å². The van der Waals surface area contributed by atoms with E-state index < -0.39 is 12.0 Å². The van der Waals surface area contributed by atoms with E-state index in [1.54, 1.807) is 16.7 Å². The minimum atomic E-state index is -0.571. The molecule has 0 radical (unpaired) electrons. The van der Waals surface area contributed by atoms with E-state index in [0.29, 0.717) is 17.7 Å². The van der Waals surface area contributed by atoms with Gasteiger partial charge in [0.25, 0.3) is 0 Å². The average molecular weight is 359 g/mol. The second-order valence-corrected chi connectivity index (χ2v) is 8.64. The van der Waals surface area contributed by atoms with E-state index in [-0.39, 0.29) is 23.2 Å². The summed E-state index contributed by atoms with van der Waals surface area (Å²) in [6, 6.07) is 5.16. The fourth-order valence-electron chi connectivity index (χ4n) is 4.06.